The van der Waals surface area contributed by atoms with E-state index in [9.17, 15) is 0 Å². The van der Waals surface area contributed by atoms with Gasteiger partial charge in [0.15, 0.2) is 0 Å². The predicted octanol–water partition coefficient (Wildman–Crippen LogP) is 1.81. The normalized spacial score (nSPS) is 16.7. The number of hydrogen-bond donors (Lipinski definition) is 1. The minimum Gasteiger partial charge on any atom is -0.314 e. The van der Waals surface area contributed by atoms with Gasteiger partial charge in [0, 0.05) is 37.7 Å². The van der Waals surface area contributed by atoms with Crippen LogP contribution in [0.4, 0.5) is 0 Å². The molecule has 1 aliphatic rings. The molecule has 1 heterocycles. The topological polar surface area (TPSA) is 39.1 Å². The number of benzene rings is 1. The van der Waals surface area contributed by atoms with Gasteiger partial charge in [-0.2, -0.15) is 5.26 Å². The van der Waals surface area contributed by atoms with Crippen molar-refractivity contribution in [1.29, 1.82) is 5.26 Å². The van der Waals surface area contributed by atoms with Crippen molar-refractivity contribution >= 4 is 11.6 Å². The standard InChI is InChI=1S/C13H16ClN3/c14-13-3-1-2-11(12(13)4-5-15)10-17-8-6-16-7-9-17/h1-3,16H,4,6-10H2. The molecule has 1 N–H and O–H groups in total. The van der Waals surface area contributed by atoms with Gasteiger partial charge in [0.25, 0.3) is 0 Å². The van der Waals surface area contributed by atoms with Gasteiger partial charge in [0.05, 0.1) is 12.5 Å². The van der Waals surface area contributed by atoms with Crippen molar-refractivity contribution < 1.29 is 0 Å². The zero-order valence-electron chi connectivity index (χ0n) is 9.75. The average Bonchev–Trinajstić information content (AvgIpc) is 2.35. The molecule has 1 saturated heterocycles. The van der Waals surface area contributed by atoms with E-state index in [1.807, 2.05) is 12.1 Å². The molecule has 0 radical (unpaired) electrons. The quantitative estimate of drug-likeness (QED) is 0.888. The molecule has 1 aliphatic heterocycles. The molecule has 2 rings (SSSR count). The monoisotopic (exact) mass is 249 g/mol. The number of piperazine rings is 1. The van der Waals surface area contributed by atoms with Crippen molar-refractivity contribution in [2.75, 3.05) is 26.2 Å². The number of nitrogens with zero attached hydrogens (tertiary/aromatic N) is 2. The average molecular weight is 250 g/mol. The van der Waals surface area contributed by atoms with E-state index in [2.05, 4.69) is 22.4 Å². The fourth-order valence-corrected chi connectivity index (χ4v) is 2.40. The minimum atomic E-state index is 0.390. The number of nitriles is 1. The van der Waals surface area contributed by atoms with Crippen molar-refractivity contribution in [2.45, 2.75) is 13.0 Å². The van der Waals surface area contributed by atoms with Gasteiger partial charge >= 0.3 is 0 Å². The van der Waals surface area contributed by atoms with Gasteiger partial charge in [-0.15, -0.1) is 0 Å². The molecule has 1 aromatic carbocycles. The van der Waals surface area contributed by atoms with E-state index in [-0.39, 0.29) is 0 Å². The van der Waals surface area contributed by atoms with Crippen LogP contribution in [0.1, 0.15) is 11.1 Å². The summed E-state index contributed by atoms with van der Waals surface area (Å²) in [6, 6.07) is 8.07. The Balaban J connectivity index is 2.14. The van der Waals surface area contributed by atoms with E-state index in [0.717, 1.165) is 38.3 Å². The van der Waals surface area contributed by atoms with E-state index in [0.29, 0.717) is 11.4 Å². The molecule has 0 bridgehead atoms. The largest absolute Gasteiger partial charge is 0.314 e. The molecule has 4 heteroatoms. The maximum Gasteiger partial charge on any atom is 0.0670 e. The van der Waals surface area contributed by atoms with Gasteiger partial charge in [-0.1, -0.05) is 23.7 Å². The van der Waals surface area contributed by atoms with Crippen molar-refractivity contribution in [3.05, 3.63) is 34.3 Å². The highest BCUT2D eigenvalue weighted by Crippen LogP contribution is 2.22. The van der Waals surface area contributed by atoms with Crippen molar-refractivity contribution in [2.24, 2.45) is 0 Å². The lowest BCUT2D eigenvalue weighted by molar-refractivity contribution is 0.233. The zero-order valence-corrected chi connectivity index (χ0v) is 10.5. The number of nitrogens with one attached hydrogen (secondary N) is 1. The molecule has 0 saturated carbocycles. The van der Waals surface area contributed by atoms with Gasteiger partial charge in [0.1, 0.15) is 0 Å². The van der Waals surface area contributed by atoms with Crippen LogP contribution in [0.25, 0.3) is 0 Å². The van der Waals surface area contributed by atoms with Crippen molar-refractivity contribution in [3.63, 3.8) is 0 Å². The number of halogens is 1. The summed E-state index contributed by atoms with van der Waals surface area (Å²) in [6.45, 7) is 5.07. The first kappa shape index (κ1) is 12.4. The third-order valence-corrected chi connectivity index (χ3v) is 3.43. The molecule has 1 fully saturated rings. The first-order chi connectivity index (χ1) is 8.31. The highest BCUT2D eigenvalue weighted by atomic mass is 35.5. The molecule has 17 heavy (non-hydrogen) atoms. The summed E-state index contributed by atoms with van der Waals surface area (Å²) in [5.41, 5.74) is 2.16. The van der Waals surface area contributed by atoms with Crippen LogP contribution < -0.4 is 5.32 Å². The van der Waals surface area contributed by atoms with Crippen LogP contribution >= 0.6 is 11.6 Å². The Morgan fingerprint density at radius 1 is 1.35 bits per heavy atom. The second-order valence-corrected chi connectivity index (χ2v) is 4.65. The summed E-state index contributed by atoms with van der Waals surface area (Å²) in [7, 11) is 0. The van der Waals surface area contributed by atoms with E-state index in [1.54, 1.807) is 0 Å². The van der Waals surface area contributed by atoms with Crippen LogP contribution in [-0.4, -0.2) is 31.1 Å². The molecule has 0 aliphatic carbocycles. The van der Waals surface area contributed by atoms with Crippen LogP contribution in [0, 0.1) is 11.3 Å². The Morgan fingerprint density at radius 3 is 2.82 bits per heavy atom. The first-order valence-corrected chi connectivity index (χ1v) is 6.25. The van der Waals surface area contributed by atoms with E-state index in [1.165, 1.54) is 5.56 Å². The molecule has 90 valence electrons. The minimum absolute atomic E-state index is 0.390. The molecule has 1 aromatic rings. The van der Waals surface area contributed by atoms with Crippen LogP contribution in [0.3, 0.4) is 0 Å². The fourth-order valence-electron chi connectivity index (χ4n) is 2.14. The summed E-state index contributed by atoms with van der Waals surface area (Å²) < 4.78 is 0. The van der Waals surface area contributed by atoms with Crippen molar-refractivity contribution in [3.8, 4) is 6.07 Å². The highest BCUT2D eigenvalue weighted by molar-refractivity contribution is 6.31. The molecule has 0 spiro atoms. The third-order valence-electron chi connectivity index (χ3n) is 3.08. The second kappa shape index (κ2) is 6.02. The lowest BCUT2D eigenvalue weighted by Gasteiger charge is -2.28. The van der Waals surface area contributed by atoms with Crippen molar-refractivity contribution in [1.82, 2.24) is 10.2 Å². The van der Waals surface area contributed by atoms with E-state index >= 15 is 0 Å². The SMILES string of the molecule is N#CCc1c(Cl)cccc1CN1CCNCC1. The van der Waals surface area contributed by atoms with Gasteiger partial charge in [0.2, 0.25) is 0 Å². The summed E-state index contributed by atoms with van der Waals surface area (Å²) in [4.78, 5) is 2.39. The summed E-state index contributed by atoms with van der Waals surface area (Å²) in [5, 5.41) is 12.9. The Hall–Kier alpha value is -1.08. The summed E-state index contributed by atoms with van der Waals surface area (Å²) >= 11 is 6.14. The first-order valence-electron chi connectivity index (χ1n) is 5.87. The number of rotatable bonds is 3. The van der Waals surface area contributed by atoms with Gasteiger partial charge in [-0.25, -0.2) is 0 Å². The van der Waals surface area contributed by atoms with Crippen LogP contribution in [-0.2, 0) is 13.0 Å². The molecular formula is C13H16ClN3. The Bertz CT molecular complexity index is 419. The zero-order chi connectivity index (χ0) is 12.1. The predicted molar refractivity (Wildman–Crippen MR) is 68.9 cm³/mol. The third kappa shape index (κ3) is 3.19. The van der Waals surface area contributed by atoms with E-state index < -0.39 is 0 Å². The van der Waals surface area contributed by atoms with E-state index in [4.69, 9.17) is 16.9 Å². The maximum atomic E-state index is 8.84. The van der Waals surface area contributed by atoms with Gasteiger partial charge in [-0.05, 0) is 17.2 Å². The Kier molecular flexibility index (Phi) is 4.38. The molecule has 3 nitrogen and oxygen atoms in total. The second-order valence-electron chi connectivity index (χ2n) is 4.24. The molecule has 0 atom stereocenters. The summed E-state index contributed by atoms with van der Waals surface area (Å²) in [6.07, 6.45) is 0.390. The van der Waals surface area contributed by atoms with Crippen LogP contribution in [0.2, 0.25) is 5.02 Å². The van der Waals surface area contributed by atoms with Crippen LogP contribution in [0.15, 0.2) is 18.2 Å². The molecule has 0 aromatic heterocycles. The van der Waals surface area contributed by atoms with Crippen LogP contribution in [0.5, 0.6) is 0 Å². The maximum absolute atomic E-state index is 8.84. The number of hydrogen-bond acceptors (Lipinski definition) is 3. The van der Waals surface area contributed by atoms with Gasteiger partial charge in [-0.3, -0.25) is 4.90 Å². The molecular weight excluding hydrogens is 234 g/mol. The lowest BCUT2D eigenvalue weighted by Crippen LogP contribution is -2.43. The lowest BCUT2D eigenvalue weighted by atomic mass is 10.0. The summed E-state index contributed by atoms with van der Waals surface area (Å²) in [5.74, 6) is 0. The molecule has 0 amide bonds. The fraction of sp³-hybridized carbons (Fsp3) is 0.462. The Labute approximate surface area is 107 Å². The van der Waals surface area contributed by atoms with Gasteiger partial charge < -0.3 is 5.32 Å². The molecule has 0 unspecified atom stereocenters. The highest BCUT2D eigenvalue weighted by Gasteiger charge is 2.13. The Morgan fingerprint density at radius 2 is 2.12 bits per heavy atom. The smallest absolute Gasteiger partial charge is 0.0670 e.